The molecule has 0 amide bonds. The fraction of sp³-hybridized carbons (Fsp3) is 0.118. The van der Waals surface area contributed by atoms with Gasteiger partial charge in [0.1, 0.15) is 5.82 Å². The summed E-state index contributed by atoms with van der Waals surface area (Å²) in [5, 5.41) is 3.70. The van der Waals surface area contributed by atoms with Crippen molar-refractivity contribution in [3.63, 3.8) is 0 Å². The average molecular weight is 329 g/mol. The number of anilines is 2. The molecule has 0 bridgehead atoms. The monoisotopic (exact) mass is 328 g/mol. The van der Waals surface area contributed by atoms with E-state index in [-0.39, 0.29) is 0 Å². The summed E-state index contributed by atoms with van der Waals surface area (Å²) in [5.74, 6) is 1.57. The molecular formula is C17H17ClN4O. The highest BCUT2D eigenvalue weighted by Gasteiger charge is 2.09. The molecule has 0 aromatic carbocycles. The Hall–Kier alpha value is -2.66. The number of allylic oxidation sites excluding steroid dienone is 5. The van der Waals surface area contributed by atoms with Crippen molar-refractivity contribution in [3.05, 3.63) is 66.3 Å². The zero-order valence-corrected chi connectivity index (χ0v) is 13.7. The van der Waals surface area contributed by atoms with Gasteiger partial charge in [-0.05, 0) is 25.1 Å². The Kier molecular flexibility index (Phi) is 5.88. The van der Waals surface area contributed by atoms with Crippen LogP contribution in [-0.4, -0.2) is 22.1 Å². The lowest BCUT2D eigenvalue weighted by Crippen LogP contribution is -2.01. The zero-order chi connectivity index (χ0) is 16.7. The van der Waals surface area contributed by atoms with Crippen molar-refractivity contribution in [1.29, 1.82) is 0 Å². The Balaban J connectivity index is 2.40. The van der Waals surface area contributed by atoms with E-state index in [1.165, 1.54) is 0 Å². The summed E-state index contributed by atoms with van der Waals surface area (Å²) in [7, 11) is 1.56. The van der Waals surface area contributed by atoms with E-state index in [1.54, 1.807) is 37.7 Å². The maximum atomic E-state index is 6.02. The number of nitrogens with one attached hydrogen (secondary N) is 1. The molecule has 0 aliphatic rings. The molecule has 0 unspecified atom stereocenters. The lowest BCUT2D eigenvalue weighted by atomic mass is 10.2. The Bertz CT molecular complexity index is 742. The van der Waals surface area contributed by atoms with Gasteiger partial charge in [-0.1, -0.05) is 30.3 Å². The molecule has 6 heteroatoms. The molecular weight excluding hydrogens is 312 g/mol. The topological polar surface area (TPSA) is 59.9 Å². The average Bonchev–Trinajstić information content (AvgIpc) is 2.59. The van der Waals surface area contributed by atoms with Gasteiger partial charge in [-0.15, -0.1) is 0 Å². The van der Waals surface area contributed by atoms with Crippen LogP contribution in [0.25, 0.3) is 5.57 Å². The molecule has 0 aliphatic heterocycles. The first-order valence-corrected chi connectivity index (χ1v) is 7.30. The second-order valence-corrected chi connectivity index (χ2v) is 4.89. The summed E-state index contributed by atoms with van der Waals surface area (Å²) in [6.07, 6.45) is 8.58. The van der Waals surface area contributed by atoms with Gasteiger partial charge >= 0.3 is 0 Å². The van der Waals surface area contributed by atoms with Crippen LogP contribution in [0.1, 0.15) is 12.7 Å². The molecule has 0 spiro atoms. The quantitative estimate of drug-likeness (QED) is 0.799. The van der Waals surface area contributed by atoms with Crippen LogP contribution in [-0.2, 0) is 0 Å². The highest BCUT2D eigenvalue weighted by molar-refractivity contribution is 6.31. The van der Waals surface area contributed by atoms with Crippen molar-refractivity contribution in [2.24, 2.45) is 0 Å². The summed E-state index contributed by atoms with van der Waals surface area (Å²) in [6, 6.07) is 5.41. The van der Waals surface area contributed by atoms with E-state index in [0.29, 0.717) is 22.6 Å². The SMILES string of the molecule is C=C/C(Cl)=C\C(=C/C)c1nc(Nc2ccncc2)cc(OC)n1. The summed E-state index contributed by atoms with van der Waals surface area (Å²) in [5.41, 5.74) is 1.64. The fourth-order valence-corrected chi connectivity index (χ4v) is 1.91. The van der Waals surface area contributed by atoms with Gasteiger partial charge in [0.15, 0.2) is 5.82 Å². The molecule has 23 heavy (non-hydrogen) atoms. The van der Waals surface area contributed by atoms with Gasteiger partial charge in [0.25, 0.3) is 0 Å². The van der Waals surface area contributed by atoms with Crippen molar-refractivity contribution < 1.29 is 4.74 Å². The van der Waals surface area contributed by atoms with Gasteiger partial charge < -0.3 is 10.1 Å². The van der Waals surface area contributed by atoms with E-state index in [9.17, 15) is 0 Å². The van der Waals surface area contributed by atoms with Gasteiger partial charge in [-0.2, -0.15) is 4.98 Å². The predicted molar refractivity (Wildman–Crippen MR) is 93.9 cm³/mol. The van der Waals surface area contributed by atoms with Gasteiger partial charge in [0.2, 0.25) is 5.88 Å². The first-order valence-electron chi connectivity index (χ1n) is 6.92. The Morgan fingerprint density at radius 2 is 2.04 bits per heavy atom. The van der Waals surface area contributed by atoms with Crippen LogP contribution in [0.3, 0.4) is 0 Å². The number of ether oxygens (including phenoxy) is 1. The molecule has 0 atom stereocenters. The largest absolute Gasteiger partial charge is 0.481 e. The molecule has 2 rings (SSSR count). The maximum absolute atomic E-state index is 6.02. The Labute approximate surface area is 140 Å². The molecule has 1 N–H and O–H groups in total. The molecule has 2 aromatic heterocycles. The van der Waals surface area contributed by atoms with Gasteiger partial charge in [0, 0.05) is 34.8 Å². The van der Waals surface area contributed by atoms with Gasteiger partial charge in [0.05, 0.1) is 7.11 Å². The lowest BCUT2D eigenvalue weighted by Gasteiger charge is -2.10. The number of pyridine rings is 1. The molecule has 2 aromatic rings. The second-order valence-electron chi connectivity index (χ2n) is 4.46. The summed E-state index contributed by atoms with van der Waals surface area (Å²) >= 11 is 6.02. The third-order valence-corrected chi connectivity index (χ3v) is 3.19. The number of aromatic nitrogens is 3. The van der Waals surface area contributed by atoms with E-state index in [0.717, 1.165) is 11.3 Å². The maximum Gasteiger partial charge on any atom is 0.218 e. The minimum Gasteiger partial charge on any atom is -0.481 e. The molecule has 0 aliphatic carbocycles. The molecule has 0 radical (unpaired) electrons. The van der Waals surface area contributed by atoms with Crippen molar-refractivity contribution >= 4 is 28.7 Å². The molecule has 118 valence electrons. The van der Waals surface area contributed by atoms with Crippen molar-refractivity contribution in [1.82, 2.24) is 15.0 Å². The van der Waals surface area contributed by atoms with E-state index in [4.69, 9.17) is 16.3 Å². The number of methoxy groups -OCH3 is 1. The number of halogens is 1. The van der Waals surface area contributed by atoms with Crippen LogP contribution >= 0.6 is 11.6 Å². The smallest absolute Gasteiger partial charge is 0.218 e. The highest BCUT2D eigenvalue weighted by atomic mass is 35.5. The number of nitrogens with zero attached hydrogens (tertiary/aromatic N) is 3. The number of rotatable bonds is 6. The molecule has 0 saturated carbocycles. The van der Waals surface area contributed by atoms with E-state index in [1.807, 2.05) is 25.1 Å². The van der Waals surface area contributed by atoms with Crippen LogP contribution in [0, 0.1) is 0 Å². The first-order chi connectivity index (χ1) is 11.2. The minimum atomic E-state index is 0.453. The molecule has 0 fully saturated rings. The fourth-order valence-electron chi connectivity index (χ4n) is 1.79. The van der Waals surface area contributed by atoms with Crippen molar-refractivity contribution in [3.8, 4) is 5.88 Å². The van der Waals surface area contributed by atoms with E-state index < -0.39 is 0 Å². The highest BCUT2D eigenvalue weighted by Crippen LogP contribution is 2.23. The normalized spacial score (nSPS) is 12.0. The summed E-state index contributed by atoms with van der Waals surface area (Å²) in [4.78, 5) is 12.9. The van der Waals surface area contributed by atoms with Crippen LogP contribution in [0.5, 0.6) is 5.88 Å². The van der Waals surface area contributed by atoms with Crippen LogP contribution < -0.4 is 10.1 Å². The van der Waals surface area contributed by atoms with Crippen molar-refractivity contribution in [2.45, 2.75) is 6.92 Å². The molecule has 5 nitrogen and oxygen atoms in total. The van der Waals surface area contributed by atoms with Crippen molar-refractivity contribution in [2.75, 3.05) is 12.4 Å². The molecule has 2 heterocycles. The second kappa shape index (κ2) is 8.10. The summed E-state index contributed by atoms with van der Waals surface area (Å²) < 4.78 is 5.25. The van der Waals surface area contributed by atoms with Crippen LogP contribution in [0.4, 0.5) is 11.5 Å². The number of hydrogen-bond acceptors (Lipinski definition) is 5. The first kappa shape index (κ1) is 16.7. The van der Waals surface area contributed by atoms with Gasteiger partial charge in [-0.3, -0.25) is 4.98 Å². The van der Waals surface area contributed by atoms with Gasteiger partial charge in [-0.25, -0.2) is 4.98 Å². The Morgan fingerprint density at radius 3 is 2.65 bits per heavy atom. The van der Waals surface area contributed by atoms with E-state index >= 15 is 0 Å². The predicted octanol–water partition coefficient (Wildman–Crippen LogP) is 4.34. The Morgan fingerprint density at radius 1 is 1.30 bits per heavy atom. The summed E-state index contributed by atoms with van der Waals surface area (Å²) in [6.45, 7) is 5.52. The third kappa shape index (κ3) is 4.66. The lowest BCUT2D eigenvalue weighted by molar-refractivity contribution is 0.396. The van der Waals surface area contributed by atoms with Crippen LogP contribution in [0.15, 0.2) is 60.4 Å². The standard InChI is InChI=1S/C17H17ClN4O/c1-4-12(10-13(18)5-2)17-21-15(11-16(22-17)23-3)20-14-6-8-19-9-7-14/h4-11H,2H2,1,3H3,(H,19,20,21,22)/b12-4+,13-10+. The third-order valence-electron chi connectivity index (χ3n) is 2.92. The van der Waals surface area contributed by atoms with E-state index in [2.05, 4.69) is 26.8 Å². The molecule has 0 saturated heterocycles. The van der Waals surface area contributed by atoms with Crippen LogP contribution in [0.2, 0.25) is 0 Å². The minimum absolute atomic E-state index is 0.453. The zero-order valence-electron chi connectivity index (χ0n) is 13.0. The number of hydrogen-bond donors (Lipinski definition) is 1.